The van der Waals surface area contributed by atoms with E-state index < -0.39 is 17.4 Å². The van der Waals surface area contributed by atoms with Crippen LogP contribution in [-0.2, 0) is 9.13 Å². The van der Waals surface area contributed by atoms with Crippen LogP contribution < -0.4 is 0 Å². The zero-order valence-corrected chi connectivity index (χ0v) is 9.52. The Balaban J connectivity index is -0.00000000229. The summed E-state index contributed by atoms with van der Waals surface area (Å²) in [5, 5.41) is 0. The minimum Gasteiger partial charge on any atom is -0.412 e. The first-order valence-electron chi connectivity index (χ1n) is 0.765. The normalized spacial score (nSPS) is 3.23. The average Bonchev–Trinajstić information content (AvgIpc) is 1.39. The minimum absolute atomic E-state index is 0. The van der Waals surface area contributed by atoms with Crippen molar-refractivity contribution in [3.8, 4) is 0 Å². The third kappa shape index (κ3) is 3430. The van der Waals surface area contributed by atoms with Crippen molar-refractivity contribution < 1.29 is 51.8 Å². The molecule has 14 N–H and O–H groups in total. The van der Waals surface area contributed by atoms with Gasteiger partial charge in [0.2, 0.25) is 0 Å². The Bertz CT molecular complexity index is 33.9. The number of hydrogen-bond acceptors (Lipinski definition) is 2. The summed E-state index contributed by atoms with van der Waals surface area (Å²) in [6, 6.07) is 0. The molecule has 0 saturated heterocycles. The molecule has 0 unspecified atom stereocenters. The van der Waals surface area contributed by atoms with E-state index in [1.165, 1.54) is 0 Å². The number of hydrogen-bond donors (Lipinski definition) is 2. The van der Waals surface area contributed by atoms with Gasteiger partial charge in [0.1, 0.15) is 0 Å². The van der Waals surface area contributed by atoms with Crippen LogP contribution in [0.15, 0.2) is 0 Å². The van der Waals surface area contributed by atoms with Gasteiger partial charge in [-0.3, -0.25) is 0 Å². The van der Waals surface area contributed by atoms with Crippen LogP contribution in [0.5, 0.6) is 0 Å². The van der Waals surface area contributed by atoms with E-state index in [4.69, 9.17) is 18.9 Å². The van der Waals surface area contributed by atoms with Crippen LogP contribution in [0.2, 0.25) is 0 Å². The molecule has 0 aliphatic heterocycles. The van der Waals surface area contributed by atoms with Crippen molar-refractivity contribution in [2.24, 2.45) is 0 Å². The zero-order chi connectivity index (χ0) is 5.41. The summed E-state index contributed by atoms with van der Waals surface area (Å²) < 4.78 is 16.9. The summed E-state index contributed by atoms with van der Waals surface area (Å²) in [4.78, 5) is 14.0. The molecular weight excluding hydrogens is 246 g/mol. The maximum atomic E-state index is 8.46. The molecule has 0 aromatic heterocycles. The summed E-state index contributed by atoms with van der Waals surface area (Å²) in [6.45, 7) is 0. The minimum atomic E-state index is -0.833. The molecule has 0 amide bonds. The molecule has 0 aromatic carbocycles. The smallest absolute Gasteiger partial charge is 0.412 e. The maximum absolute atomic E-state index is 8.46. The van der Waals surface area contributed by atoms with Crippen molar-refractivity contribution in [2.45, 2.75) is 0 Å². The summed E-state index contributed by atoms with van der Waals surface area (Å²) in [5.74, 6) is 0. The van der Waals surface area contributed by atoms with E-state index in [1.807, 2.05) is 0 Å². The molecule has 0 fully saturated rings. The van der Waals surface area contributed by atoms with Crippen molar-refractivity contribution in [1.29, 1.82) is 0 Å². The van der Waals surface area contributed by atoms with Crippen LogP contribution in [0.25, 0.3) is 0 Å². The van der Waals surface area contributed by atoms with Crippen molar-refractivity contribution in [1.82, 2.24) is 0 Å². The van der Waals surface area contributed by atoms with Crippen molar-refractivity contribution in [3.05, 3.63) is 0 Å². The first-order valence-corrected chi connectivity index (χ1v) is 2.30. The molecule has 13 heteroatoms. The molecule has 0 spiro atoms. The predicted octanol–water partition coefficient (Wildman–Crippen LogP) is -4.96. The molecule has 0 aromatic rings. The quantitative estimate of drug-likeness (QED) is 0.319. The van der Waals surface area contributed by atoms with Crippen molar-refractivity contribution >= 4 is 40.4 Å². The van der Waals surface area contributed by atoms with Gasteiger partial charge in [0.25, 0.3) is 0 Å². The third-order valence-electron chi connectivity index (χ3n) is 0. The topological polar surface area (TPSA) is 264 Å². The molecule has 0 aliphatic rings. The fourth-order valence-corrected chi connectivity index (χ4v) is 0. The molecule has 0 aliphatic carbocycles. The maximum Gasteiger partial charge on any atom is 2.00 e. The SMILES string of the molecule is O.O.O.O.O.O.O=PO.O=PO.[Mg+2]. The summed E-state index contributed by atoms with van der Waals surface area (Å²) >= 11 is 0. The van der Waals surface area contributed by atoms with Crippen LogP contribution in [-0.4, -0.2) is 65.7 Å². The van der Waals surface area contributed by atoms with Crippen molar-refractivity contribution in [3.63, 3.8) is 0 Å². The molecule has 84 valence electrons. The number of rotatable bonds is 0. The van der Waals surface area contributed by atoms with Gasteiger partial charge >= 0.3 is 40.4 Å². The van der Waals surface area contributed by atoms with E-state index in [9.17, 15) is 0 Å². The van der Waals surface area contributed by atoms with Gasteiger partial charge in [-0.05, 0) is 0 Å². The molecule has 0 saturated carbocycles. The average molecular weight is 260 g/mol. The van der Waals surface area contributed by atoms with Gasteiger partial charge in [0.05, 0.1) is 0 Å². The van der Waals surface area contributed by atoms with Gasteiger partial charge in [0.15, 0.2) is 0 Å². The Labute approximate surface area is 92.5 Å². The van der Waals surface area contributed by atoms with Gasteiger partial charge in [-0.2, -0.15) is 0 Å². The van der Waals surface area contributed by atoms with Gasteiger partial charge < -0.3 is 42.6 Å². The molecule has 0 atom stereocenters. The predicted molar refractivity (Wildman–Crippen MR) is 47.1 cm³/mol. The van der Waals surface area contributed by atoms with Crippen LogP contribution in [0.1, 0.15) is 0 Å². The molecule has 10 nitrogen and oxygen atoms in total. The summed E-state index contributed by atoms with van der Waals surface area (Å²) in [6.07, 6.45) is 0. The van der Waals surface area contributed by atoms with Crippen LogP contribution in [0.3, 0.4) is 0 Å². The van der Waals surface area contributed by atoms with Gasteiger partial charge in [-0.1, -0.05) is 0 Å². The molecule has 0 bridgehead atoms. The Morgan fingerprint density at radius 2 is 0.615 bits per heavy atom. The first-order chi connectivity index (χ1) is 2.83. The van der Waals surface area contributed by atoms with Gasteiger partial charge in [-0.15, -0.1) is 0 Å². The van der Waals surface area contributed by atoms with Crippen molar-refractivity contribution in [2.75, 3.05) is 0 Å². The second kappa shape index (κ2) is 245. The van der Waals surface area contributed by atoms with E-state index in [0.29, 0.717) is 0 Å². The Morgan fingerprint density at radius 3 is 0.615 bits per heavy atom. The second-order valence-corrected chi connectivity index (χ2v) is 0.490. The fraction of sp³-hybridized carbons (Fsp3) is 0. The van der Waals surface area contributed by atoms with Crippen LogP contribution >= 0.6 is 17.4 Å². The monoisotopic (exact) mass is 260 g/mol. The summed E-state index contributed by atoms with van der Waals surface area (Å²) in [7, 11) is -1.67. The zero-order valence-electron chi connectivity index (χ0n) is 6.31. The molecular formula is H14MgO10P2+2. The Kier molecular flexibility index (Phi) is 1900. The fourth-order valence-electron chi connectivity index (χ4n) is 0. The van der Waals surface area contributed by atoms with E-state index in [2.05, 4.69) is 0 Å². The molecule has 0 rings (SSSR count). The first kappa shape index (κ1) is 101. The van der Waals surface area contributed by atoms with Crippen LogP contribution in [0, 0.1) is 0 Å². The second-order valence-electron chi connectivity index (χ2n) is 0.163. The molecule has 13 heavy (non-hydrogen) atoms. The third-order valence-corrected chi connectivity index (χ3v) is 0. The van der Waals surface area contributed by atoms with E-state index >= 15 is 0 Å². The molecule has 0 heterocycles. The van der Waals surface area contributed by atoms with E-state index in [0.717, 1.165) is 0 Å². The van der Waals surface area contributed by atoms with E-state index in [-0.39, 0.29) is 55.9 Å². The summed E-state index contributed by atoms with van der Waals surface area (Å²) in [5.41, 5.74) is 0. The Morgan fingerprint density at radius 1 is 0.615 bits per heavy atom. The largest absolute Gasteiger partial charge is 2.00 e. The van der Waals surface area contributed by atoms with Gasteiger partial charge in [-0.25, -0.2) is 9.13 Å². The van der Waals surface area contributed by atoms with Gasteiger partial charge in [0, 0.05) is 0 Å². The van der Waals surface area contributed by atoms with E-state index in [1.54, 1.807) is 0 Å². The van der Waals surface area contributed by atoms with Crippen LogP contribution in [0.4, 0.5) is 0 Å². The Hall–Kier alpha value is 0.646. The molecule has 0 radical (unpaired) electrons. The standard InChI is InChI=1S/Mg.2HO2P.6H2O/c;2*1-3-2;;;;;;/h;2*(H,1,2);6*1H2/q+2;;;;;;;;.